The van der Waals surface area contributed by atoms with Gasteiger partial charge >= 0.3 is 5.69 Å². The number of carbonyl (C=O) groups is 3. The zero-order valence-electron chi connectivity index (χ0n) is 44.5. The van der Waals surface area contributed by atoms with Gasteiger partial charge in [-0.2, -0.15) is 5.10 Å². The van der Waals surface area contributed by atoms with Crippen LogP contribution in [0.2, 0.25) is 0 Å². The third-order valence-electron chi connectivity index (χ3n) is 14.7. The van der Waals surface area contributed by atoms with Gasteiger partial charge in [-0.15, -0.1) is 4.73 Å². The molecule has 3 amide bonds. The molecule has 3 saturated heterocycles. The highest BCUT2D eigenvalue weighted by molar-refractivity contribution is 7.14. The summed E-state index contributed by atoms with van der Waals surface area (Å²) < 4.78 is 4.42. The fraction of sp³-hybridized carbons (Fsp3) is 0.483. The number of fused-ring (bicyclic) bond motifs is 2. The van der Waals surface area contributed by atoms with Crippen LogP contribution in [0.4, 0.5) is 0 Å². The monoisotopic (exact) mass is 1010 g/mol. The number of likely N-dealkylation sites (tertiary alicyclic amines) is 2. The second-order valence-electron chi connectivity index (χ2n) is 19.7. The van der Waals surface area contributed by atoms with Gasteiger partial charge in [0.15, 0.2) is 0 Å². The lowest BCUT2D eigenvalue weighted by Gasteiger charge is -2.35. The van der Waals surface area contributed by atoms with Crippen LogP contribution in [0.5, 0.6) is 0 Å². The van der Waals surface area contributed by atoms with Crippen molar-refractivity contribution in [2.24, 2.45) is 5.92 Å². The van der Waals surface area contributed by atoms with Crippen molar-refractivity contribution in [1.29, 1.82) is 0 Å². The normalized spacial score (nSPS) is 17.1. The number of carbonyl (C=O) groups excluding carboxylic acids is 3. The van der Waals surface area contributed by atoms with Crippen molar-refractivity contribution in [1.82, 2.24) is 43.8 Å². The van der Waals surface area contributed by atoms with Crippen LogP contribution in [0.3, 0.4) is 0 Å². The minimum absolute atomic E-state index is 0.199. The largest absolute Gasteiger partial charge is 0.412 e. The first-order valence-corrected chi connectivity index (χ1v) is 27.2. The Morgan fingerprint density at radius 3 is 2.22 bits per heavy atom. The van der Waals surface area contributed by atoms with Gasteiger partial charge in [0.1, 0.15) is 18.7 Å². The number of nitrogens with zero attached hydrogens (tertiary/aromatic N) is 8. The van der Waals surface area contributed by atoms with Gasteiger partial charge in [-0.3, -0.25) is 38.6 Å². The van der Waals surface area contributed by atoms with Crippen molar-refractivity contribution in [3.63, 3.8) is 0 Å². The molecule has 2 unspecified atom stereocenters. The van der Waals surface area contributed by atoms with Crippen molar-refractivity contribution in [3.05, 3.63) is 123 Å². The van der Waals surface area contributed by atoms with Crippen LogP contribution in [0, 0.1) is 12.8 Å². The number of imide groups is 1. The van der Waals surface area contributed by atoms with E-state index in [2.05, 4.69) is 122 Å². The number of nitrogens with one attached hydrogen (secondary N) is 1. The Bertz CT molecular complexity index is 2920. The first-order chi connectivity index (χ1) is 35.4. The maximum atomic E-state index is 13.4. The standard InChI is InChI=1S/C41H55N6OP.C15H17N3O4.C2H6/c1-5-19-44(20-6-2)29-32-14-23-46(24-15-32)41(48)35-9-7-33(8-10-35)34-16-21-45(22-17-34)28-30(3)25-39-31(4)42-18-13-38(39)36-11-12-40-37(26-36)27-43-47(40)49;1-3-9-4-5-10-12(8-9)18(22-2)15(21)17(10)11-6-7-13(19)16-14(11)20;1-2/h7-13,18,25-27,32,34H,5-6,14-17,19-24,28-29,49H2,1-4H3;4-5,8,11H,3,6-7H2,1-2H3,(H,16,19,20);1-2H3/b30-25+;;. The van der Waals surface area contributed by atoms with Crippen LogP contribution < -0.4 is 15.8 Å². The molecule has 0 aliphatic carbocycles. The quantitative estimate of drug-likeness (QED) is 0.0787. The van der Waals surface area contributed by atoms with Crippen molar-refractivity contribution in [2.75, 3.05) is 59.5 Å². The molecule has 0 spiro atoms. The maximum absolute atomic E-state index is 13.4. The topological polar surface area (TPSA) is 140 Å². The molecule has 0 radical (unpaired) electrons. The SMILES string of the molecule is CC.CCCN(CCC)CC1CCN(C(=O)c2ccc(C3CCN(C/C(C)=C/c4c(-c5ccc6c(cnn6P)c5)ccnc4C)CC3)cc2)CC1.CCc1ccc2c(c1)n(OC)c(=O)n2C1CCC(=O)NC1=O. The van der Waals surface area contributed by atoms with Crippen molar-refractivity contribution < 1.29 is 19.2 Å². The zero-order valence-corrected chi connectivity index (χ0v) is 45.7. The van der Waals surface area contributed by atoms with Crippen molar-refractivity contribution in [3.8, 4) is 11.1 Å². The highest BCUT2D eigenvalue weighted by Crippen LogP contribution is 2.33. The summed E-state index contributed by atoms with van der Waals surface area (Å²) in [5, 5.41) is 7.80. The molecule has 6 aromatic rings. The van der Waals surface area contributed by atoms with E-state index in [9.17, 15) is 19.2 Å². The molecule has 390 valence electrons. The minimum atomic E-state index is -0.698. The highest BCUT2D eigenvalue weighted by Gasteiger charge is 2.32. The van der Waals surface area contributed by atoms with Crippen LogP contribution in [-0.2, 0) is 16.0 Å². The van der Waals surface area contributed by atoms with E-state index in [0.717, 1.165) is 92.6 Å². The number of amides is 3. The van der Waals surface area contributed by atoms with Gasteiger partial charge in [-0.25, -0.2) is 4.79 Å². The molecule has 14 nitrogen and oxygen atoms in total. The van der Waals surface area contributed by atoms with E-state index in [1.165, 1.54) is 76.7 Å². The van der Waals surface area contributed by atoms with Crippen LogP contribution >= 0.6 is 9.39 Å². The molecule has 3 aromatic heterocycles. The van der Waals surface area contributed by atoms with Crippen molar-refractivity contribution in [2.45, 2.75) is 118 Å². The summed E-state index contributed by atoms with van der Waals surface area (Å²) in [5.74, 6) is 0.692. The fourth-order valence-electron chi connectivity index (χ4n) is 10.9. The van der Waals surface area contributed by atoms with Gasteiger partial charge < -0.3 is 14.6 Å². The fourth-order valence-corrected chi connectivity index (χ4v) is 11.2. The average molecular weight is 1010 g/mol. The summed E-state index contributed by atoms with van der Waals surface area (Å²) >= 11 is 0. The van der Waals surface area contributed by atoms with E-state index >= 15 is 0 Å². The molecule has 3 aliphatic rings. The summed E-state index contributed by atoms with van der Waals surface area (Å²) in [5.41, 5.74) is 11.2. The molecular formula is C58H78N9O5P. The third-order valence-corrected chi connectivity index (χ3v) is 15.1. The van der Waals surface area contributed by atoms with Crippen LogP contribution in [-0.4, -0.2) is 116 Å². The number of aryl methyl sites for hydroxylation is 2. The average Bonchev–Trinajstić information content (AvgIpc) is 3.92. The van der Waals surface area contributed by atoms with E-state index in [1.54, 1.807) is 0 Å². The molecule has 3 fully saturated rings. The molecule has 15 heteroatoms. The molecule has 3 aliphatic heterocycles. The Labute approximate surface area is 434 Å². The van der Waals surface area contributed by atoms with Gasteiger partial charge in [0, 0.05) is 61.0 Å². The Hall–Kier alpha value is -5.95. The molecule has 9 rings (SSSR count). The summed E-state index contributed by atoms with van der Waals surface area (Å²) in [6.45, 7) is 23.3. The minimum Gasteiger partial charge on any atom is -0.412 e. The first kappa shape index (κ1) is 54.8. The van der Waals surface area contributed by atoms with Gasteiger partial charge in [-0.1, -0.05) is 70.5 Å². The predicted octanol–water partition coefficient (Wildman–Crippen LogP) is 9.73. The molecule has 2 atom stereocenters. The Morgan fingerprint density at radius 2 is 1.56 bits per heavy atom. The summed E-state index contributed by atoms with van der Waals surface area (Å²) in [6, 6.07) is 22.2. The van der Waals surface area contributed by atoms with E-state index in [4.69, 9.17) is 4.84 Å². The predicted molar refractivity (Wildman–Crippen MR) is 298 cm³/mol. The van der Waals surface area contributed by atoms with Gasteiger partial charge in [0.2, 0.25) is 11.8 Å². The summed E-state index contributed by atoms with van der Waals surface area (Å²) in [7, 11) is 4.06. The maximum Gasteiger partial charge on any atom is 0.362 e. The highest BCUT2D eigenvalue weighted by atomic mass is 31.0. The molecule has 0 bridgehead atoms. The van der Waals surface area contributed by atoms with Crippen molar-refractivity contribution >= 4 is 55.1 Å². The van der Waals surface area contributed by atoms with E-state index in [1.807, 2.05) is 55.8 Å². The number of pyridine rings is 1. The number of benzene rings is 3. The molecular weight excluding hydrogens is 934 g/mol. The van der Waals surface area contributed by atoms with Gasteiger partial charge in [0.25, 0.3) is 5.91 Å². The Balaban J connectivity index is 0.000000270. The third kappa shape index (κ3) is 13.1. The van der Waals surface area contributed by atoms with Gasteiger partial charge in [0.05, 0.1) is 17.2 Å². The lowest BCUT2D eigenvalue weighted by atomic mass is 9.88. The van der Waals surface area contributed by atoms with E-state index in [0.29, 0.717) is 29.3 Å². The lowest BCUT2D eigenvalue weighted by molar-refractivity contribution is -0.135. The van der Waals surface area contributed by atoms with Gasteiger partial charge in [-0.05, 0) is 177 Å². The van der Waals surface area contributed by atoms with E-state index in [-0.39, 0.29) is 18.2 Å². The van der Waals surface area contributed by atoms with Crippen LogP contribution in [0.15, 0.2) is 89.5 Å². The second kappa shape index (κ2) is 25.8. The number of piperidine rings is 3. The van der Waals surface area contributed by atoms with E-state index < -0.39 is 17.6 Å². The van der Waals surface area contributed by atoms with Crippen LogP contribution in [0.25, 0.3) is 39.1 Å². The molecule has 73 heavy (non-hydrogen) atoms. The Kier molecular flexibility index (Phi) is 19.4. The zero-order chi connectivity index (χ0) is 52.2. The molecule has 6 heterocycles. The molecule has 1 N–H and O–H groups in total. The smallest absolute Gasteiger partial charge is 0.362 e. The second-order valence-corrected chi connectivity index (χ2v) is 20.2. The number of hydrogen-bond donors (Lipinski definition) is 1. The number of aromatic nitrogens is 5. The Morgan fingerprint density at radius 1 is 0.863 bits per heavy atom. The molecule has 3 aromatic carbocycles. The number of hydrogen-bond acceptors (Lipinski definition) is 9. The van der Waals surface area contributed by atoms with Crippen LogP contribution in [0.1, 0.15) is 138 Å². The number of imidazole rings is 1. The summed E-state index contributed by atoms with van der Waals surface area (Å²) in [6.07, 6.45) is 14.5. The lowest BCUT2D eigenvalue weighted by Crippen LogP contribution is -2.44. The molecule has 0 saturated carbocycles. The first-order valence-electron chi connectivity index (χ1n) is 26.7. The summed E-state index contributed by atoms with van der Waals surface area (Å²) in [4.78, 5) is 66.4. The number of rotatable bonds is 15.